The van der Waals surface area contributed by atoms with Gasteiger partial charge in [-0.05, 0) is 48.9 Å². The van der Waals surface area contributed by atoms with Crippen molar-refractivity contribution in [1.82, 2.24) is 10.2 Å². The number of benzene rings is 2. The highest BCUT2D eigenvalue weighted by Gasteiger charge is 2.48. The molecule has 7 nitrogen and oxygen atoms in total. The number of methoxy groups -OCH3 is 1. The third kappa shape index (κ3) is 3.33. The summed E-state index contributed by atoms with van der Waals surface area (Å²) in [5, 5.41) is 19.7. The topological polar surface area (TPSA) is 92.6 Å². The van der Waals surface area contributed by atoms with Gasteiger partial charge in [-0.1, -0.05) is 23.5 Å². The Labute approximate surface area is 175 Å². The van der Waals surface area contributed by atoms with Gasteiger partial charge in [0.15, 0.2) is 0 Å². The van der Waals surface area contributed by atoms with E-state index in [2.05, 4.69) is 10.2 Å². The van der Waals surface area contributed by atoms with E-state index in [4.69, 9.17) is 4.74 Å². The molecule has 1 aliphatic rings. The van der Waals surface area contributed by atoms with Crippen molar-refractivity contribution < 1.29 is 23.8 Å². The number of anilines is 1. The van der Waals surface area contributed by atoms with Crippen molar-refractivity contribution in [3.05, 3.63) is 76.1 Å². The van der Waals surface area contributed by atoms with Crippen LogP contribution in [-0.2, 0) is 9.59 Å². The third-order valence-corrected chi connectivity index (χ3v) is 5.55. The lowest BCUT2D eigenvalue weighted by molar-refractivity contribution is -0.132. The van der Waals surface area contributed by atoms with Crippen molar-refractivity contribution in [1.29, 1.82) is 0 Å². The maximum absolute atomic E-state index is 13.5. The molecular formula is C21H16FN3O4S. The molecule has 1 N–H and O–H groups in total. The number of aliphatic hydroxyl groups is 1. The fourth-order valence-electron chi connectivity index (χ4n) is 3.28. The number of aromatic nitrogens is 2. The van der Waals surface area contributed by atoms with E-state index < -0.39 is 23.5 Å². The van der Waals surface area contributed by atoms with E-state index in [9.17, 15) is 19.1 Å². The third-order valence-electron chi connectivity index (χ3n) is 4.72. The lowest BCUT2D eigenvalue weighted by Crippen LogP contribution is -2.29. The molecule has 0 radical (unpaired) electrons. The van der Waals surface area contributed by atoms with Gasteiger partial charge in [-0.3, -0.25) is 14.5 Å². The van der Waals surface area contributed by atoms with Gasteiger partial charge in [-0.15, -0.1) is 10.2 Å². The van der Waals surface area contributed by atoms with Crippen molar-refractivity contribution in [2.24, 2.45) is 0 Å². The first-order chi connectivity index (χ1) is 14.4. The summed E-state index contributed by atoms with van der Waals surface area (Å²) in [5.74, 6) is -1.92. The fraction of sp³-hybridized carbons (Fsp3) is 0.143. The molecule has 0 bridgehead atoms. The number of rotatable bonds is 4. The van der Waals surface area contributed by atoms with Gasteiger partial charge in [-0.25, -0.2) is 4.39 Å². The molecule has 0 saturated carbocycles. The molecule has 1 aromatic heterocycles. The second-order valence-electron chi connectivity index (χ2n) is 6.55. The van der Waals surface area contributed by atoms with Crippen LogP contribution in [-0.4, -0.2) is 34.1 Å². The number of amides is 1. The predicted molar refractivity (Wildman–Crippen MR) is 109 cm³/mol. The van der Waals surface area contributed by atoms with Crippen LogP contribution in [0, 0.1) is 12.7 Å². The van der Waals surface area contributed by atoms with Gasteiger partial charge in [0.2, 0.25) is 5.13 Å². The zero-order valence-corrected chi connectivity index (χ0v) is 16.8. The summed E-state index contributed by atoms with van der Waals surface area (Å²) in [6.07, 6.45) is 0. The Morgan fingerprint density at radius 2 is 1.77 bits per heavy atom. The number of carbonyl (C=O) groups is 2. The monoisotopic (exact) mass is 425 g/mol. The Morgan fingerprint density at radius 1 is 1.10 bits per heavy atom. The first-order valence-electron chi connectivity index (χ1n) is 8.91. The molecule has 2 aromatic carbocycles. The predicted octanol–water partition coefficient (Wildman–Crippen LogP) is 3.62. The first-order valence-corrected chi connectivity index (χ1v) is 9.73. The number of ether oxygens (including phenoxy) is 1. The summed E-state index contributed by atoms with van der Waals surface area (Å²) >= 11 is 1.14. The summed E-state index contributed by atoms with van der Waals surface area (Å²) < 4.78 is 18.6. The summed E-state index contributed by atoms with van der Waals surface area (Å²) in [5.41, 5.74) is 0.692. The van der Waals surface area contributed by atoms with Crippen molar-refractivity contribution in [2.45, 2.75) is 13.0 Å². The van der Waals surface area contributed by atoms with Crippen molar-refractivity contribution in [2.75, 3.05) is 12.0 Å². The standard InChI is InChI=1S/C21H16FN3O4S/c1-11-23-24-21(30-11)25-17(12-3-7-14(22)8-4-12)16(19(27)20(25)28)18(26)13-5-9-15(29-2)10-6-13/h3-10,17,26H,1-2H3. The summed E-state index contributed by atoms with van der Waals surface area (Å²) in [7, 11) is 1.51. The van der Waals surface area contributed by atoms with Crippen LogP contribution in [0.15, 0.2) is 54.1 Å². The molecule has 30 heavy (non-hydrogen) atoms. The van der Waals surface area contributed by atoms with Gasteiger partial charge in [0.05, 0.1) is 18.7 Å². The molecule has 3 aromatic rings. The van der Waals surface area contributed by atoms with Crippen LogP contribution in [0.4, 0.5) is 9.52 Å². The van der Waals surface area contributed by atoms with Gasteiger partial charge in [0.25, 0.3) is 5.78 Å². The van der Waals surface area contributed by atoms with E-state index >= 15 is 0 Å². The number of ketones is 1. The Balaban J connectivity index is 1.91. The minimum absolute atomic E-state index is 0.107. The molecule has 1 saturated heterocycles. The Hall–Kier alpha value is -3.59. The van der Waals surface area contributed by atoms with E-state index in [-0.39, 0.29) is 16.5 Å². The number of hydrogen-bond acceptors (Lipinski definition) is 7. The number of carbonyl (C=O) groups excluding carboxylic acids is 2. The largest absolute Gasteiger partial charge is 0.507 e. The van der Waals surface area contributed by atoms with E-state index in [1.165, 1.54) is 36.3 Å². The van der Waals surface area contributed by atoms with Crippen LogP contribution in [0.25, 0.3) is 5.76 Å². The first kappa shape index (κ1) is 19.7. The van der Waals surface area contributed by atoms with E-state index in [0.717, 1.165) is 11.3 Å². The number of aryl methyl sites for hydroxylation is 1. The Morgan fingerprint density at radius 3 is 2.33 bits per heavy atom. The number of halogens is 1. The van der Waals surface area contributed by atoms with Gasteiger partial charge in [0.1, 0.15) is 22.3 Å². The second-order valence-corrected chi connectivity index (χ2v) is 7.71. The molecule has 152 valence electrons. The fourth-order valence-corrected chi connectivity index (χ4v) is 3.99. The summed E-state index contributed by atoms with van der Waals surface area (Å²) in [6.45, 7) is 1.72. The Bertz CT molecular complexity index is 1160. The molecule has 1 aliphatic heterocycles. The molecule has 1 unspecified atom stereocenters. The molecular weight excluding hydrogens is 409 g/mol. The van der Waals surface area contributed by atoms with Crippen LogP contribution >= 0.6 is 11.3 Å². The Kier molecular flexibility index (Phi) is 5.04. The van der Waals surface area contributed by atoms with Crippen molar-refractivity contribution in [3.8, 4) is 5.75 Å². The van der Waals surface area contributed by atoms with Crippen LogP contribution < -0.4 is 9.64 Å². The molecule has 1 atom stereocenters. The lowest BCUT2D eigenvalue weighted by Gasteiger charge is -2.22. The van der Waals surface area contributed by atoms with Gasteiger partial charge >= 0.3 is 5.91 Å². The quantitative estimate of drug-likeness (QED) is 0.390. The van der Waals surface area contributed by atoms with Gasteiger partial charge < -0.3 is 9.84 Å². The van der Waals surface area contributed by atoms with Crippen LogP contribution in [0.3, 0.4) is 0 Å². The normalized spacial score (nSPS) is 18.1. The van der Waals surface area contributed by atoms with Gasteiger partial charge in [0, 0.05) is 5.56 Å². The molecule has 0 aliphatic carbocycles. The second kappa shape index (κ2) is 7.68. The van der Waals surface area contributed by atoms with Gasteiger partial charge in [-0.2, -0.15) is 0 Å². The highest BCUT2D eigenvalue weighted by atomic mass is 32.1. The number of aliphatic hydroxyl groups excluding tert-OH is 1. The molecule has 1 fully saturated rings. The van der Waals surface area contributed by atoms with E-state index in [1.54, 1.807) is 31.2 Å². The average Bonchev–Trinajstić information content (AvgIpc) is 3.29. The summed E-state index contributed by atoms with van der Waals surface area (Å²) in [4.78, 5) is 27.0. The molecule has 1 amide bonds. The zero-order chi connectivity index (χ0) is 21.4. The molecule has 4 rings (SSSR count). The van der Waals surface area contributed by atoms with Crippen molar-refractivity contribution >= 4 is 33.9 Å². The van der Waals surface area contributed by atoms with Crippen LogP contribution in [0.5, 0.6) is 5.75 Å². The minimum atomic E-state index is -0.972. The average molecular weight is 425 g/mol. The zero-order valence-electron chi connectivity index (χ0n) is 16.0. The highest BCUT2D eigenvalue weighted by Crippen LogP contribution is 2.42. The molecule has 9 heteroatoms. The number of Topliss-reactive ketones (excluding diaryl/α,β-unsaturated/α-hetero) is 1. The summed E-state index contributed by atoms with van der Waals surface area (Å²) in [6, 6.07) is 10.8. The van der Waals surface area contributed by atoms with E-state index in [1.807, 2.05) is 0 Å². The minimum Gasteiger partial charge on any atom is -0.507 e. The number of nitrogens with zero attached hydrogens (tertiary/aromatic N) is 3. The van der Waals surface area contributed by atoms with Crippen LogP contribution in [0.1, 0.15) is 22.2 Å². The molecule has 0 spiro atoms. The molecule has 2 heterocycles. The van der Waals surface area contributed by atoms with Crippen LogP contribution in [0.2, 0.25) is 0 Å². The maximum atomic E-state index is 13.5. The SMILES string of the molecule is COc1ccc(C(O)=C2C(=O)C(=O)N(c3nnc(C)s3)C2c2ccc(F)cc2)cc1. The highest BCUT2D eigenvalue weighted by molar-refractivity contribution is 7.15. The number of hydrogen-bond donors (Lipinski definition) is 1. The smallest absolute Gasteiger partial charge is 0.301 e. The van der Waals surface area contributed by atoms with Crippen molar-refractivity contribution in [3.63, 3.8) is 0 Å². The van der Waals surface area contributed by atoms with E-state index in [0.29, 0.717) is 21.9 Å². The lowest BCUT2D eigenvalue weighted by atomic mass is 9.95. The maximum Gasteiger partial charge on any atom is 0.301 e.